The van der Waals surface area contributed by atoms with Crippen LogP contribution in [-0.4, -0.2) is 0 Å². The van der Waals surface area contributed by atoms with Crippen molar-refractivity contribution in [1.29, 1.82) is 0 Å². The van der Waals surface area contributed by atoms with Crippen molar-refractivity contribution in [2.75, 3.05) is 0 Å². The lowest BCUT2D eigenvalue weighted by Gasteiger charge is -2.46. The molecule has 0 spiro atoms. The van der Waals surface area contributed by atoms with E-state index in [2.05, 4.69) is 48.5 Å². The molecule has 0 N–H and O–H groups in total. The van der Waals surface area contributed by atoms with Gasteiger partial charge in [0, 0.05) is 0 Å². The molecular formula is C16H32. The van der Waals surface area contributed by atoms with Crippen LogP contribution in [0.15, 0.2) is 0 Å². The molecule has 0 bridgehead atoms. The summed E-state index contributed by atoms with van der Waals surface area (Å²) in [6, 6.07) is 0. The molecule has 0 aromatic rings. The second-order valence-corrected chi connectivity index (χ2v) is 6.93. The number of hydrogen-bond donors (Lipinski definition) is 0. The minimum absolute atomic E-state index is 0.552. The van der Waals surface area contributed by atoms with Crippen LogP contribution in [0.4, 0.5) is 0 Å². The van der Waals surface area contributed by atoms with Gasteiger partial charge in [0.15, 0.2) is 0 Å². The van der Waals surface area contributed by atoms with Crippen LogP contribution in [0.25, 0.3) is 0 Å². The Morgan fingerprint density at radius 2 is 1.81 bits per heavy atom. The van der Waals surface area contributed by atoms with E-state index in [1.165, 1.54) is 25.7 Å². The Morgan fingerprint density at radius 3 is 2.06 bits per heavy atom. The van der Waals surface area contributed by atoms with Crippen molar-refractivity contribution in [3.8, 4) is 0 Å². The van der Waals surface area contributed by atoms with Gasteiger partial charge in [0.2, 0.25) is 0 Å². The van der Waals surface area contributed by atoms with Gasteiger partial charge in [0.25, 0.3) is 0 Å². The quantitative estimate of drug-likeness (QED) is 0.557. The molecule has 4 unspecified atom stereocenters. The summed E-state index contributed by atoms with van der Waals surface area (Å²) in [5.41, 5.74) is 1.17. The Balaban J connectivity index is 2.93. The zero-order valence-electron chi connectivity index (χ0n) is 12.6. The summed E-state index contributed by atoms with van der Waals surface area (Å²) in [6.07, 6.45) is 5.54. The van der Waals surface area contributed by atoms with Gasteiger partial charge in [-0.3, -0.25) is 0 Å². The van der Waals surface area contributed by atoms with Crippen LogP contribution in [-0.2, 0) is 0 Å². The predicted octanol–water partition coefficient (Wildman–Crippen LogP) is 5.52. The van der Waals surface area contributed by atoms with Gasteiger partial charge in [-0.15, -0.1) is 0 Å². The fraction of sp³-hybridized carbons (Fsp3) is 1.00. The van der Waals surface area contributed by atoms with E-state index in [9.17, 15) is 0 Å². The molecule has 96 valence electrons. The molecule has 0 aromatic carbocycles. The lowest BCUT2D eigenvalue weighted by Crippen LogP contribution is -2.38. The molecular weight excluding hydrogens is 192 g/mol. The number of rotatable bonds is 6. The maximum Gasteiger partial charge on any atom is -0.0241 e. The summed E-state index contributed by atoms with van der Waals surface area (Å²) in [7, 11) is 0. The van der Waals surface area contributed by atoms with E-state index < -0.39 is 0 Å². The topological polar surface area (TPSA) is 0 Å². The molecule has 0 heterocycles. The molecule has 1 saturated carbocycles. The molecule has 0 saturated heterocycles. The van der Waals surface area contributed by atoms with Gasteiger partial charge in [0.1, 0.15) is 0 Å². The van der Waals surface area contributed by atoms with Crippen LogP contribution in [0.1, 0.15) is 74.1 Å². The lowest BCUT2D eigenvalue weighted by molar-refractivity contribution is 0.0317. The molecule has 0 amide bonds. The van der Waals surface area contributed by atoms with Gasteiger partial charge in [-0.2, -0.15) is 0 Å². The fourth-order valence-electron chi connectivity index (χ4n) is 4.16. The molecule has 1 aliphatic rings. The standard InChI is InChI=1S/C16H32/c1-8-10-14(12(3)4)15(6,9-2)16(7)11-13(16)5/h12-14H,8-11H2,1-7H3. The van der Waals surface area contributed by atoms with Gasteiger partial charge in [0.05, 0.1) is 0 Å². The first kappa shape index (κ1) is 14.1. The van der Waals surface area contributed by atoms with Crippen LogP contribution in [0.3, 0.4) is 0 Å². The maximum absolute atomic E-state index is 2.57. The normalized spacial score (nSPS) is 34.9. The van der Waals surface area contributed by atoms with Gasteiger partial charge < -0.3 is 0 Å². The third-order valence-electron chi connectivity index (χ3n) is 5.92. The Hall–Kier alpha value is 0. The first-order chi connectivity index (χ1) is 7.33. The zero-order chi connectivity index (χ0) is 12.6. The van der Waals surface area contributed by atoms with E-state index in [1.807, 2.05) is 0 Å². The van der Waals surface area contributed by atoms with Crippen molar-refractivity contribution in [3.05, 3.63) is 0 Å². The predicted molar refractivity (Wildman–Crippen MR) is 73.5 cm³/mol. The Morgan fingerprint density at radius 1 is 1.31 bits per heavy atom. The summed E-state index contributed by atoms with van der Waals surface area (Å²) < 4.78 is 0. The van der Waals surface area contributed by atoms with Crippen molar-refractivity contribution < 1.29 is 0 Å². The molecule has 16 heavy (non-hydrogen) atoms. The molecule has 0 aromatic heterocycles. The minimum atomic E-state index is 0.552. The van der Waals surface area contributed by atoms with Crippen LogP contribution in [0, 0.1) is 28.6 Å². The highest BCUT2D eigenvalue weighted by Crippen LogP contribution is 2.68. The van der Waals surface area contributed by atoms with E-state index in [4.69, 9.17) is 0 Å². The molecule has 0 radical (unpaired) electrons. The first-order valence-corrected chi connectivity index (χ1v) is 7.33. The summed E-state index contributed by atoms with van der Waals surface area (Å²) in [5.74, 6) is 2.67. The van der Waals surface area contributed by atoms with E-state index in [0.717, 1.165) is 17.8 Å². The second-order valence-electron chi connectivity index (χ2n) is 6.93. The van der Waals surface area contributed by atoms with Crippen LogP contribution >= 0.6 is 0 Å². The molecule has 1 aliphatic carbocycles. The van der Waals surface area contributed by atoms with E-state index in [1.54, 1.807) is 0 Å². The van der Waals surface area contributed by atoms with Gasteiger partial charge in [-0.25, -0.2) is 0 Å². The molecule has 4 atom stereocenters. The van der Waals surface area contributed by atoms with Crippen molar-refractivity contribution in [1.82, 2.24) is 0 Å². The lowest BCUT2D eigenvalue weighted by atomic mass is 9.59. The molecule has 0 heteroatoms. The van der Waals surface area contributed by atoms with Crippen molar-refractivity contribution >= 4 is 0 Å². The average molecular weight is 224 g/mol. The Kier molecular flexibility index (Phi) is 4.13. The molecule has 1 fully saturated rings. The highest BCUT2D eigenvalue weighted by atomic mass is 14.6. The maximum atomic E-state index is 2.57. The molecule has 1 rings (SSSR count). The number of hydrogen-bond acceptors (Lipinski definition) is 0. The van der Waals surface area contributed by atoms with Crippen molar-refractivity contribution in [3.63, 3.8) is 0 Å². The van der Waals surface area contributed by atoms with Crippen molar-refractivity contribution in [2.24, 2.45) is 28.6 Å². The molecule has 0 aliphatic heterocycles. The van der Waals surface area contributed by atoms with Crippen LogP contribution in [0.2, 0.25) is 0 Å². The summed E-state index contributed by atoms with van der Waals surface area (Å²) in [6.45, 7) is 17.1. The first-order valence-electron chi connectivity index (χ1n) is 7.33. The average Bonchev–Trinajstić information content (AvgIpc) is 2.83. The summed E-state index contributed by atoms with van der Waals surface area (Å²) in [4.78, 5) is 0. The van der Waals surface area contributed by atoms with Crippen LogP contribution in [0.5, 0.6) is 0 Å². The van der Waals surface area contributed by atoms with E-state index in [-0.39, 0.29) is 0 Å². The Labute approximate surface area is 103 Å². The van der Waals surface area contributed by atoms with E-state index >= 15 is 0 Å². The summed E-state index contributed by atoms with van der Waals surface area (Å²) in [5, 5.41) is 0. The van der Waals surface area contributed by atoms with Crippen LogP contribution < -0.4 is 0 Å². The van der Waals surface area contributed by atoms with E-state index in [0.29, 0.717) is 10.8 Å². The third-order valence-corrected chi connectivity index (χ3v) is 5.92. The van der Waals surface area contributed by atoms with Crippen molar-refractivity contribution in [2.45, 2.75) is 74.1 Å². The van der Waals surface area contributed by atoms with Gasteiger partial charge >= 0.3 is 0 Å². The zero-order valence-corrected chi connectivity index (χ0v) is 12.6. The van der Waals surface area contributed by atoms with Gasteiger partial charge in [-0.05, 0) is 47.8 Å². The highest BCUT2D eigenvalue weighted by molar-refractivity contribution is 5.09. The van der Waals surface area contributed by atoms with Gasteiger partial charge in [-0.1, -0.05) is 54.9 Å². The fourth-order valence-corrected chi connectivity index (χ4v) is 4.16. The second kappa shape index (κ2) is 4.70. The summed E-state index contributed by atoms with van der Waals surface area (Å²) >= 11 is 0. The minimum Gasteiger partial charge on any atom is -0.0654 e. The largest absolute Gasteiger partial charge is 0.0654 e. The monoisotopic (exact) mass is 224 g/mol. The third kappa shape index (κ3) is 2.05. The SMILES string of the molecule is CCCC(C(C)C)C(C)(CC)C1(C)CC1C. The highest BCUT2D eigenvalue weighted by Gasteiger charge is 2.60. The Bertz CT molecular complexity index is 230. The molecule has 0 nitrogen and oxygen atoms in total. The smallest absolute Gasteiger partial charge is 0.0241 e.